The highest BCUT2D eigenvalue weighted by Crippen LogP contribution is 2.09. The van der Waals surface area contributed by atoms with Gasteiger partial charge >= 0.3 is 0 Å². The Kier molecular flexibility index (Phi) is 5.38. The highest BCUT2D eigenvalue weighted by molar-refractivity contribution is 7.10. The first kappa shape index (κ1) is 13.4. The number of rotatable bonds is 1. The topological polar surface area (TPSA) is 0 Å². The van der Waals surface area contributed by atoms with Crippen LogP contribution in [-0.2, 0) is 0 Å². The summed E-state index contributed by atoms with van der Waals surface area (Å²) in [6.45, 7) is 6.57. The van der Waals surface area contributed by atoms with Crippen molar-refractivity contribution in [3.05, 3.63) is 28.5 Å². The summed E-state index contributed by atoms with van der Waals surface area (Å²) in [5.74, 6) is 14.0. The molecule has 0 spiro atoms. The molecule has 84 valence electrons. The van der Waals surface area contributed by atoms with Crippen LogP contribution in [0.25, 0.3) is 6.08 Å². The van der Waals surface area contributed by atoms with Crippen LogP contribution in [0.15, 0.2) is 23.6 Å². The van der Waals surface area contributed by atoms with E-state index in [1.165, 1.54) is 4.88 Å². The van der Waals surface area contributed by atoms with Crippen LogP contribution in [0.1, 0.15) is 4.88 Å². The zero-order valence-corrected chi connectivity index (χ0v) is 12.1. The Labute approximate surface area is 109 Å². The Morgan fingerprint density at radius 3 is 2.53 bits per heavy atom. The number of allylic oxidation sites excluding steroid dienone is 1. The molecule has 0 amide bonds. The molecule has 0 atom stereocenters. The SMILES string of the molecule is C[Si](C)(C)C#CC#CC#C/C=C/c1cccs1. The maximum Gasteiger partial charge on any atom is 0.130 e. The third kappa shape index (κ3) is 7.26. The first-order chi connectivity index (χ1) is 8.08. The van der Waals surface area contributed by atoms with Crippen molar-refractivity contribution in [3.63, 3.8) is 0 Å². The summed E-state index contributed by atoms with van der Waals surface area (Å²) >= 11 is 1.69. The summed E-state index contributed by atoms with van der Waals surface area (Å²) < 4.78 is 0. The van der Waals surface area contributed by atoms with Crippen LogP contribution in [0.4, 0.5) is 0 Å². The summed E-state index contributed by atoms with van der Waals surface area (Å²) in [6, 6.07) is 4.07. The number of thiophene rings is 1. The summed E-state index contributed by atoms with van der Waals surface area (Å²) in [4.78, 5) is 1.20. The van der Waals surface area contributed by atoms with Crippen molar-refractivity contribution in [1.82, 2.24) is 0 Å². The Bertz CT molecular complexity index is 552. The summed E-state index contributed by atoms with van der Waals surface area (Å²) in [7, 11) is -1.29. The van der Waals surface area contributed by atoms with Crippen LogP contribution in [0.3, 0.4) is 0 Å². The van der Waals surface area contributed by atoms with Gasteiger partial charge < -0.3 is 0 Å². The average molecular weight is 254 g/mol. The maximum atomic E-state index is 3.17. The Morgan fingerprint density at radius 2 is 1.88 bits per heavy atom. The largest absolute Gasteiger partial charge is 0.144 e. The van der Waals surface area contributed by atoms with Crippen LogP contribution in [-0.4, -0.2) is 8.07 Å². The van der Waals surface area contributed by atoms with Gasteiger partial charge in [-0.1, -0.05) is 31.6 Å². The second-order valence-electron chi connectivity index (χ2n) is 4.37. The van der Waals surface area contributed by atoms with Crippen LogP contribution in [0, 0.1) is 35.1 Å². The van der Waals surface area contributed by atoms with Gasteiger partial charge in [0.05, 0.1) is 0 Å². The smallest absolute Gasteiger partial charge is 0.130 e. The molecule has 0 radical (unpaired) electrons. The summed E-state index contributed by atoms with van der Waals surface area (Å²) in [5.41, 5.74) is 3.17. The standard InChI is InChI=1S/C15H14SSi/c1-17(2,3)14-9-7-5-4-6-8-11-15-12-10-13-16-15/h8,10-13H,1-3H3/b11-8+. The minimum absolute atomic E-state index is 1.20. The molecule has 0 nitrogen and oxygen atoms in total. The second kappa shape index (κ2) is 6.82. The van der Waals surface area contributed by atoms with Gasteiger partial charge in [-0.15, -0.1) is 16.9 Å². The fourth-order valence-electron chi connectivity index (χ4n) is 0.869. The Hall–Kier alpha value is -1.66. The molecule has 0 aliphatic carbocycles. The zero-order chi connectivity index (χ0) is 12.6. The van der Waals surface area contributed by atoms with E-state index in [1.807, 2.05) is 29.7 Å². The van der Waals surface area contributed by atoms with Crippen molar-refractivity contribution in [2.45, 2.75) is 19.6 Å². The van der Waals surface area contributed by atoms with E-state index in [0.29, 0.717) is 0 Å². The predicted octanol–water partition coefficient (Wildman–Crippen LogP) is 3.65. The van der Waals surface area contributed by atoms with Crippen molar-refractivity contribution in [3.8, 4) is 35.1 Å². The highest BCUT2D eigenvalue weighted by Gasteiger charge is 2.06. The molecule has 0 bridgehead atoms. The molecule has 0 N–H and O–H groups in total. The van der Waals surface area contributed by atoms with E-state index in [9.17, 15) is 0 Å². The average Bonchev–Trinajstić information content (AvgIpc) is 2.73. The maximum absolute atomic E-state index is 3.17. The third-order valence-electron chi connectivity index (χ3n) is 1.57. The van der Waals surface area contributed by atoms with Gasteiger partial charge in [0.2, 0.25) is 0 Å². The fourth-order valence-corrected chi connectivity index (χ4v) is 1.92. The Balaban J connectivity index is 2.47. The predicted molar refractivity (Wildman–Crippen MR) is 80.0 cm³/mol. The van der Waals surface area contributed by atoms with Crippen molar-refractivity contribution in [2.75, 3.05) is 0 Å². The minimum Gasteiger partial charge on any atom is -0.144 e. The van der Waals surface area contributed by atoms with E-state index in [4.69, 9.17) is 0 Å². The van der Waals surface area contributed by atoms with E-state index in [2.05, 4.69) is 54.8 Å². The first-order valence-electron chi connectivity index (χ1n) is 5.31. The normalized spacial score (nSPS) is 9.59. The molecule has 1 aromatic rings. The highest BCUT2D eigenvalue weighted by atomic mass is 32.1. The molecule has 1 aromatic heterocycles. The van der Waals surface area contributed by atoms with Crippen molar-refractivity contribution < 1.29 is 0 Å². The van der Waals surface area contributed by atoms with Gasteiger partial charge in [0, 0.05) is 4.88 Å². The minimum atomic E-state index is -1.29. The van der Waals surface area contributed by atoms with E-state index < -0.39 is 8.07 Å². The van der Waals surface area contributed by atoms with Crippen LogP contribution in [0.5, 0.6) is 0 Å². The van der Waals surface area contributed by atoms with E-state index in [0.717, 1.165) is 0 Å². The molecule has 1 rings (SSSR count). The van der Waals surface area contributed by atoms with Crippen molar-refractivity contribution in [2.24, 2.45) is 0 Å². The molecule has 0 saturated heterocycles. The van der Waals surface area contributed by atoms with E-state index in [1.54, 1.807) is 11.3 Å². The molecular formula is C15H14SSi. The van der Waals surface area contributed by atoms with Crippen molar-refractivity contribution >= 4 is 25.5 Å². The molecular weight excluding hydrogens is 240 g/mol. The first-order valence-corrected chi connectivity index (χ1v) is 9.69. The third-order valence-corrected chi connectivity index (χ3v) is 3.28. The van der Waals surface area contributed by atoms with Crippen LogP contribution >= 0.6 is 11.3 Å². The second-order valence-corrected chi connectivity index (χ2v) is 10.1. The lowest BCUT2D eigenvalue weighted by molar-refractivity contribution is 1.81. The lowest BCUT2D eigenvalue weighted by Gasteiger charge is -2.01. The number of hydrogen-bond donors (Lipinski definition) is 0. The molecule has 0 aliphatic rings. The van der Waals surface area contributed by atoms with Crippen molar-refractivity contribution in [1.29, 1.82) is 0 Å². The molecule has 2 heteroatoms. The quantitative estimate of drug-likeness (QED) is 0.530. The lowest BCUT2D eigenvalue weighted by Crippen LogP contribution is -2.16. The molecule has 0 aliphatic heterocycles. The number of hydrogen-bond acceptors (Lipinski definition) is 1. The van der Waals surface area contributed by atoms with Crippen LogP contribution in [0.2, 0.25) is 19.6 Å². The van der Waals surface area contributed by atoms with Gasteiger partial charge in [-0.2, -0.15) is 0 Å². The molecule has 0 saturated carbocycles. The Morgan fingerprint density at radius 1 is 1.12 bits per heavy atom. The van der Waals surface area contributed by atoms with Gasteiger partial charge in [0.1, 0.15) is 8.07 Å². The summed E-state index contributed by atoms with van der Waals surface area (Å²) in [5, 5.41) is 2.04. The molecule has 0 aromatic carbocycles. The zero-order valence-electron chi connectivity index (χ0n) is 10.3. The van der Waals surface area contributed by atoms with Gasteiger partial charge in [-0.05, 0) is 47.3 Å². The monoisotopic (exact) mass is 254 g/mol. The molecule has 1 heterocycles. The molecule has 17 heavy (non-hydrogen) atoms. The van der Waals surface area contributed by atoms with Gasteiger partial charge in [0.25, 0.3) is 0 Å². The molecule has 0 fully saturated rings. The lowest BCUT2D eigenvalue weighted by atomic mass is 10.4. The fraction of sp³-hybridized carbons (Fsp3) is 0.200. The molecule has 0 unspecified atom stereocenters. The summed E-state index contributed by atoms with van der Waals surface area (Å²) in [6.07, 6.45) is 3.79. The van der Waals surface area contributed by atoms with E-state index >= 15 is 0 Å². The van der Waals surface area contributed by atoms with Gasteiger partial charge in [-0.25, -0.2) is 0 Å². The van der Waals surface area contributed by atoms with Gasteiger partial charge in [0.15, 0.2) is 0 Å². The van der Waals surface area contributed by atoms with Crippen LogP contribution < -0.4 is 0 Å². The van der Waals surface area contributed by atoms with E-state index in [-0.39, 0.29) is 0 Å². The van der Waals surface area contributed by atoms with Gasteiger partial charge in [-0.3, -0.25) is 0 Å².